The molecular weight excluding hydrogens is 270 g/mol. The van der Waals surface area contributed by atoms with Gasteiger partial charge in [0.2, 0.25) is 0 Å². The lowest BCUT2D eigenvalue weighted by Gasteiger charge is -2.41. The fourth-order valence-electron chi connectivity index (χ4n) is 3.88. The molecule has 0 radical (unpaired) electrons. The predicted octanol–water partition coefficient (Wildman–Crippen LogP) is 4.64. The van der Waals surface area contributed by atoms with Crippen molar-refractivity contribution in [1.29, 1.82) is 0 Å². The molecule has 0 aliphatic carbocycles. The highest BCUT2D eigenvalue weighted by molar-refractivity contribution is 5.50. The zero-order chi connectivity index (χ0) is 16.3. The molecule has 0 amide bonds. The highest BCUT2D eigenvalue weighted by Crippen LogP contribution is 2.37. The Bertz CT molecular complexity index is 460. The lowest BCUT2D eigenvalue weighted by atomic mass is 9.93. The summed E-state index contributed by atoms with van der Waals surface area (Å²) in [7, 11) is 0. The molecule has 0 bridgehead atoms. The summed E-state index contributed by atoms with van der Waals surface area (Å²) in [5.74, 6) is 1.19. The molecule has 3 nitrogen and oxygen atoms in total. The molecule has 1 saturated heterocycles. The van der Waals surface area contributed by atoms with Gasteiger partial charge in [0.15, 0.2) is 0 Å². The van der Waals surface area contributed by atoms with Crippen LogP contribution in [0.2, 0.25) is 0 Å². The fourth-order valence-corrected chi connectivity index (χ4v) is 3.88. The van der Waals surface area contributed by atoms with Crippen molar-refractivity contribution >= 4 is 5.82 Å². The summed E-state index contributed by atoms with van der Waals surface area (Å²) in [6.45, 7) is 14.9. The van der Waals surface area contributed by atoms with E-state index in [2.05, 4.69) is 63.5 Å². The van der Waals surface area contributed by atoms with Crippen LogP contribution in [0.3, 0.4) is 0 Å². The molecule has 1 aromatic heterocycles. The van der Waals surface area contributed by atoms with E-state index in [1.54, 1.807) is 0 Å². The van der Waals surface area contributed by atoms with Crippen LogP contribution in [-0.2, 0) is 0 Å². The van der Waals surface area contributed by atoms with Crippen molar-refractivity contribution in [2.75, 3.05) is 11.4 Å². The Kier molecular flexibility index (Phi) is 5.85. The molecule has 1 aromatic rings. The number of hydrogen-bond donors (Lipinski definition) is 0. The van der Waals surface area contributed by atoms with E-state index in [0.29, 0.717) is 24.2 Å². The molecule has 3 heteroatoms. The molecule has 1 unspecified atom stereocenters. The summed E-state index contributed by atoms with van der Waals surface area (Å²) in [6.07, 6.45) is 5.84. The predicted molar refractivity (Wildman–Crippen MR) is 95.4 cm³/mol. The number of likely N-dealkylation sites (tertiary alicyclic amines) is 1. The second-order valence-corrected chi connectivity index (χ2v) is 7.35. The van der Waals surface area contributed by atoms with Gasteiger partial charge >= 0.3 is 0 Å². The van der Waals surface area contributed by atoms with Crippen LogP contribution in [0.4, 0.5) is 5.82 Å². The van der Waals surface area contributed by atoms with E-state index in [4.69, 9.17) is 4.98 Å². The van der Waals surface area contributed by atoms with E-state index in [1.807, 2.05) is 6.20 Å². The molecule has 0 aromatic carbocycles. The molecule has 1 aliphatic rings. The molecule has 0 spiro atoms. The second kappa shape index (κ2) is 7.45. The number of pyridine rings is 1. The second-order valence-electron chi connectivity index (χ2n) is 7.35. The Labute approximate surface area is 136 Å². The van der Waals surface area contributed by atoms with E-state index in [1.165, 1.54) is 37.2 Å². The molecule has 0 N–H and O–H groups in total. The third-order valence-corrected chi connectivity index (χ3v) is 4.74. The van der Waals surface area contributed by atoms with Crippen molar-refractivity contribution in [3.05, 3.63) is 23.9 Å². The summed E-state index contributed by atoms with van der Waals surface area (Å²) in [6, 6.07) is 6.42. The Balaban J connectivity index is 2.42. The van der Waals surface area contributed by atoms with Gasteiger partial charge in [-0.1, -0.05) is 12.5 Å². The number of aromatic nitrogens is 1. The maximum atomic E-state index is 4.79. The minimum Gasteiger partial charge on any atom is -0.351 e. The Morgan fingerprint density at radius 2 is 1.77 bits per heavy atom. The molecule has 2 heterocycles. The zero-order valence-corrected chi connectivity index (χ0v) is 15.2. The highest BCUT2D eigenvalue weighted by atomic mass is 15.2. The van der Waals surface area contributed by atoms with Crippen molar-refractivity contribution in [2.45, 2.75) is 85.0 Å². The van der Waals surface area contributed by atoms with Gasteiger partial charge in [0, 0.05) is 35.9 Å². The van der Waals surface area contributed by atoms with Gasteiger partial charge in [-0.05, 0) is 67.0 Å². The number of nitrogens with zero attached hydrogens (tertiary/aromatic N) is 3. The quantitative estimate of drug-likeness (QED) is 0.790. The van der Waals surface area contributed by atoms with Gasteiger partial charge in [-0.25, -0.2) is 4.98 Å². The molecule has 1 atom stereocenters. The number of piperidine rings is 1. The molecular formula is C19H33N3. The summed E-state index contributed by atoms with van der Waals surface area (Å²) in [5.41, 5.74) is 1.42. The first-order valence-corrected chi connectivity index (χ1v) is 8.92. The van der Waals surface area contributed by atoms with Crippen molar-refractivity contribution in [1.82, 2.24) is 9.88 Å². The largest absolute Gasteiger partial charge is 0.351 e. The Morgan fingerprint density at radius 1 is 1.09 bits per heavy atom. The van der Waals surface area contributed by atoms with Crippen LogP contribution >= 0.6 is 0 Å². The van der Waals surface area contributed by atoms with E-state index in [-0.39, 0.29) is 0 Å². The average molecular weight is 303 g/mol. The first-order chi connectivity index (χ1) is 10.4. The van der Waals surface area contributed by atoms with Crippen molar-refractivity contribution in [2.24, 2.45) is 0 Å². The van der Waals surface area contributed by atoms with Crippen LogP contribution in [0, 0.1) is 0 Å². The minimum atomic E-state index is 0.463. The lowest BCUT2D eigenvalue weighted by molar-refractivity contribution is 0.112. The van der Waals surface area contributed by atoms with Gasteiger partial charge < -0.3 is 4.90 Å². The highest BCUT2D eigenvalue weighted by Gasteiger charge is 2.30. The summed E-state index contributed by atoms with van der Waals surface area (Å²) >= 11 is 0. The molecule has 1 aliphatic heterocycles. The van der Waals surface area contributed by atoms with E-state index < -0.39 is 0 Å². The number of hydrogen-bond acceptors (Lipinski definition) is 3. The maximum Gasteiger partial charge on any atom is 0.133 e. The van der Waals surface area contributed by atoms with Crippen LogP contribution in [0.15, 0.2) is 18.3 Å². The molecule has 2 rings (SSSR count). The number of anilines is 1. The van der Waals surface area contributed by atoms with Crippen LogP contribution in [-0.4, -0.2) is 34.6 Å². The van der Waals surface area contributed by atoms with Crippen molar-refractivity contribution in [3.63, 3.8) is 0 Å². The zero-order valence-electron chi connectivity index (χ0n) is 15.2. The summed E-state index contributed by atoms with van der Waals surface area (Å²) < 4.78 is 0. The van der Waals surface area contributed by atoms with Gasteiger partial charge in [0.1, 0.15) is 5.82 Å². The van der Waals surface area contributed by atoms with Crippen LogP contribution < -0.4 is 4.90 Å². The summed E-state index contributed by atoms with van der Waals surface area (Å²) in [5, 5.41) is 0. The first kappa shape index (κ1) is 17.3. The van der Waals surface area contributed by atoms with Crippen LogP contribution in [0.5, 0.6) is 0 Å². The lowest BCUT2D eigenvalue weighted by Crippen LogP contribution is -2.42. The van der Waals surface area contributed by atoms with Crippen molar-refractivity contribution in [3.8, 4) is 0 Å². The third-order valence-electron chi connectivity index (χ3n) is 4.74. The minimum absolute atomic E-state index is 0.463. The SMILES string of the molecule is CC(C)N1CCCCC1c1cccnc1N(C(C)C)C(C)C. The van der Waals surface area contributed by atoms with E-state index in [0.717, 1.165) is 0 Å². The molecule has 0 saturated carbocycles. The van der Waals surface area contributed by atoms with E-state index in [9.17, 15) is 0 Å². The topological polar surface area (TPSA) is 19.4 Å². The van der Waals surface area contributed by atoms with Gasteiger partial charge in [0.25, 0.3) is 0 Å². The molecule has 22 heavy (non-hydrogen) atoms. The third kappa shape index (κ3) is 3.62. The van der Waals surface area contributed by atoms with Gasteiger partial charge in [-0.3, -0.25) is 4.90 Å². The molecule has 124 valence electrons. The maximum absolute atomic E-state index is 4.79. The summed E-state index contributed by atoms with van der Waals surface area (Å²) in [4.78, 5) is 9.91. The Morgan fingerprint density at radius 3 is 2.36 bits per heavy atom. The Hall–Kier alpha value is -1.09. The van der Waals surface area contributed by atoms with Gasteiger partial charge in [-0.15, -0.1) is 0 Å². The monoisotopic (exact) mass is 303 g/mol. The normalized spacial score (nSPS) is 20.1. The average Bonchev–Trinajstić information content (AvgIpc) is 2.47. The smallest absolute Gasteiger partial charge is 0.133 e. The van der Waals surface area contributed by atoms with Gasteiger partial charge in [0.05, 0.1) is 0 Å². The fraction of sp³-hybridized carbons (Fsp3) is 0.737. The van der Waals surface area contributed by atoms with Crippen molar-refractivity contribution < 1.29 is 0 Å². The molecule has 1 fully saturated rings. The first-order valence-electron chi connectivity index (χ1n) is 8.92. The van der Waals surface area contributed by atoms with E-state index >= 15 is 0 Å². The van der Waals surface area contributed by atoms with Crippen LogP contribution in [0.25, 0.3) is 0 Å². The van der Waals surface area contributed by atoms with Crippen LogP contribution in [0.1, 0.15) is 72.4 Å². The number of rotatable bonds is 5. The van der Waals surface area contributed by atoms with Gasteiger partial charge in [-0.2, -0.15) is 0 Å². The standard InChI is InChI=1S/C19H33N3/c1-14(2)21-13-8-7-11-18(21)17-10-9-12-20-19(17)22(15(3)4)16(5)6/h9-10,12,14-16,18H,7-8,11,13H2,1-6H3.